The molecule has 0 radical (unpaired) electrons. The van der Waals surface area contributed by atoms with Gasteiger partial charge in [0.2, 0.25) is 0 Å². The minimum atomic E-state index is -0.335. The quantitative estimate of drug-likeness (QED) is 0.415. The number of nitrogens with zero attached hydrogens (tertiary/aromatic N) is 2. The van der Waals surface area contributed by atoms with Crippen LogP contribution in [0.25, 0.3) is 22.1 Å². The molecule has 0 saturated carbocycles. The van der Waals surface area contributed by atoms with Crippen molar-refractivity contribution in [3.05, 3.63) is 48.0 Å². The van der Waals surface area contributed by atoms with E-state index in [-0.39, 0.29) is 5.97 Å². The highest BCUT2D eigenvalue weighted by atomic mass is 16.5. The summed E-state index contributed by atoms with van der Waals surface area (Å²) in [6, 6.07) is 13.0. The van der Waals surface area contributed by atoms with Crippen molar-refractivity contribution in [3.63, 3.8) is 0 Å². The van der Waals surface area contributed by atoms with Crippen molar-refractivity contribution in [2.24, 2.45) is 0 Å². The molecule has 0 atom stereocenters. The highest BCUT2D eigenvalue weighted by molar-refractivity contribution is 6.03. The summed E-state index contributed by atoms with van der Waals surface area (Å²) >= 11 is 0. The Morgan fingerprint density at radius 3 is 2.48 bits per heavy atom. The van der Waals surface area contributed by atoms with Gasteiger partial charge in [0.1, 0.15) is 5.52 Å². The van der Waals surface area contributed by atoms with Crippen molar-refractivity contribution in [2.45, 2.75) is 19.8 Å². The third kappa shape index (κ3) is 2.70. The summed E-state index contributed by atoms with van der Waals surface area (Å²) in [6.07, 6.45) is 1.86. The normalized spacial score (nSPS) is 10.9. The van der Waals surface area contributed by atoms with Gasteiger partial charge in [0.15, 0.2) is 0 Å². The van der Waals surface area contributed by atoms with Crippen LogP contribution in [0.4, 0.5) is 0 Å². The van der Waals surface area contributed by atoms with Crippen molar-refractivity contribution in [1.29, 1.82) is 0 Å². The Kier molecular flexibility index (Phi) is 3.77. The Labute approximate surface area is 122 Å². The van der Waals surface area contributed by atoms with Crippen LogP contribution in [0.3, 0.4) is 0 Å². The molecule has 1 aromatic heterocycles. The van der Waals surface area contributed by atoms with Crippen LogP contribution in [0.1, 0.15) is 30.1 Å². The van der Waals surface area contributed by atoms with Crippen LogP contribution in [0, 0.1) is 0 Å². The number of ether oxygens (including phenoxy) is 1. The van der Waals surface area contributed by atoms with E-state index in [2.05, 4.69) is 16.9 Å². The Morgan fingerprint density at radius 2 is 1.71 bits per heavy atom. The summed E-state index contributed by atoms with van der Waals surface area (Å²) in [5.74, 6) is -0.335. The van der Waals surface area contributed by atoms with Crippen molar-refractivity contribution in [2.75, 3.05) is 6.61 Å². The van der Waals surface area contributed by atoms with E-state index in [1.807, 2.05) is 36.4 Å². The largest absolute Gasteiger partial charge is 0.462 e. The number of esters is 1. The fraction of sp³-hybridized carbons (Fsp3) is 0.235. The second-order valence-corrected chi connectivity index (χ2v) is 4.88. The first-order valence-corrected chi connectivity index (χ1v) is 7.12. The molecule has 0 unspecified atom stereocenters. The molecule has 0 aliphatic rings. The molecule has 0 spiro atoms. The predicted molar refractivity (Wildman–Crippen MR) is 82.2 cm³/mol. The van der Waals surface area contributed by atoms with Gasteiger partial charge >= 0.3 is 5.97 Å². The van der Waals surface area contributed by atoms with Crippen molar-refractivity contribution >= 4 is 28.0 Å². The molecule has 0 amide bonds. The molecular weight excluding hydrogens is 264 g/mol. The molecule has 4 heteroatoms. The van der Waals surface area contributed by atoms with Gasteiger partial charge < -0.3 is 4.74 Å². The highest BCUT2D eigenvalue weighted by Gasteiger charge is 2.13. The van der Waals surface area contributed by atoms with Crippen LogP contribution in [0.15, 0.2) is 42.5 Å². The maximum atomic E-state index is 12.2. The van der Waals surface area contributed by atoms with E-state index in [1.54, 1.807) is 6.07 Å². The first-order chi connectivity index (χ1) is 10.3. The minimum absolute atomic E-state index is 0.335. The number of carbonyl (C=O) groups excluding carboxylic acids is 1. The maximum Gasteiger partial charge on any atom is 0.340 e. The summed E-state index contributed by atoms with van der Waals surface area (Å²) in [6.45, 7) is 2.50. The zero-order chi connectivity index (χ0) is 14.7. The Balaban J connectivity index is 2.06. The zero-order valence-corrected chi connectivity index (χ0v) is 11.9. The van der Waals surface area contributed by atoms with Crippen LogP contribution in [-0.4, -0.2) is 22.5 Å². The molecule has 0 aliphatic heterocycles. The highest BCUT2D eigenvalue weighted by Crippen LogP contribution is 2.20. The number of hydrogen-bond donors (Lipinski definition) is 0. The predicted octanol–water partition coefficient (Wildman–Crippen LogP) is 3.74. The summed E-state index contributed by atoms with van der Waals surface area (Å²) < 4.78 is 5.28. The molecule has 3 aromatic rings. The number of rotatable bonds is 4. The van der Waals surface area contributed by atoms with Crippen molar-refractivity contribution in [3.8, 4) is 0 Å². The van der Waals surface area contributed by atoms with Crippen LogP contribution in [-0.2, 0) is 4.74 Å². The number of benzene rings is 2. The molecule has 0 fully saturated rings. The number of para-hydroxylation sites is 3. The van der Waals surface area contributed by atoms with E-state index in [4.69, 9.17) is 4.74 Å². The first-order valence-electron chi connectivity index (χ1n) is 7.12. The van der Waals surface area contributed by atoms with Crippen LogP contribution < -0.4 is 0 Å². The van der Waals surface area contributed by atoms with Gasteiger partial charge in [-0.1, -0.05) is 31.5 Å². The number of hydrogen-bond acceptors (Lipinski definition) is 4. The fourth-order valence-corrected chi connectivity index (χ4v) is 2.19. The van der Waals surface area contributed by atoms with Gasteiger partial charge in [-0.15, -0.1) is 0 Å². The van der Waals surface area contributed by atoms with E-state index in [9.17, 15) is 4.79 Å². The van der Waals surface area contributed by atoms with Crippen LogP contribution in [0.2, 0.25) is 0 Å². The molecule has 106 valence electrons. The smallest absolute Gasteiger partial charge is 0.340 e. The van der Waals surface area contributed by atoms with Crippen LogP contribution >= 0.6 is 0 Å². The third-order valence-corrected chi connectivity index (χ3v) is 3.32. The van der Waals surface area contributed by atoms with Gasteiger partial charge in [0.05, 0.1) is 28.7 Å². The monoisotopic (exact) mass is 280 g/mol. The second kappa shape index (κ2) is 5.87. The lowest BCUT2D eigenvalue weighted by molar-refractivity contribution is 0.0502. The molecule has 1 heterocycles. The molecule has 0 N–H and O–H groups in total. The van der Waals surface area contributed by atoms with Gasteiger partial charge in [-0.05, 0) is 30.7 Å². The van der Waals surface area contributed by atoms with E-state index >= 15 is 0 Å². The Morgan fingerprint density at radius 1 is 1.00 bits per heavy atom. The Hall–Kier alpha value is -2.49. The molecule has 3 rings (SSSR count). The van der Waals surface area contributed by atoms with Gasteiger partial charge in [-0.2, -0.15) is 0 Å². The lowest BCUT2D eigenvalue weighted by Gasteiger charge is -2.07. The average Bonchev–Trinajstić information content (AvgIpc) is 2.52. The number of fused-ring (bicyclic) bond motifs is 2. The van der Waals surface area contributed by atoms with E-state index < -0.39 is 0 Å². The van der Waals surface area contributed by atoms with Gasteiger partial charge in [-0.3, -0.25) is 0 Å². The summed E-state index contributed by atoms with van der Waals surface area (Å²) in [4.78, 5) is 21.3. The van der Waals surface area contributed by atoms with Gasteiger partial charge in [0.25, 0.3) is 0 Å². The topological polar surface area (TPSA) is 52.1 Å². The maximum absolute atomic E-state index is 12.2. The van der Waals surface area contributed by atoms with E-state index in [0.717, 1.165) is 23.9 Å². The van der Waals surface area contributed by atoms with E-state index in [1.165, 1.54) is 0 Å². The number of carbonyl (C=O) groups is 1. The zero-order valence-electron chi connectivity index (χ0n) is 11.9. The molecule has 0 saturated heterocycles. The molecule has 2 aromatic carbocycles. The van der Waals surface area contributed by atoms with Crippen molar-refractivity contribution < 1.29 is 9.53 Å². The van der Waals surface area contributed by atoms with Gasteiger partial charge in [-0.25, -0.2) is 14.8 Å². The minimum Gasteiger partial charge on any atom is -0.462 e. The molecule has 21 heavy (non-hydrogen) atoms. The SMILES string of the molecule is CCCCOC(=O)c1cccc2nc3ccccc3nc12. The number of unbranched alkanes of at least 4 members (excludes halogenated alkanes) is 1. The Bertz CT molecular complexity index is 799. The molecular formula is C17H16N2O2. The van der Waals surface area contributed by atoms with Crippen LogP contribution in [0.5, 0.6) is 0 Å². The van der Waals surface area contributed by atoms with Gasteiger partial charge in [0, 0.05) is 0 Å². The van der Waals surface area contributed by atoms with E-state index in [0.29, 0.717) is 23.2 Å². The average molecular weight is 280 g/mol. The summed E-state index contributed by atoms with van der Waals surface area (Å²) in [5.41, 5.74) is 3.37. The second-order valence-electron chi connectivity index (χ2n) is 4.88. The molecule has 4 nitrogen and oxygen atoms in total. The summed E-state index contributed by atoms with van der Waals surface area (Å²) in [5, 5.41) is 0. The van der Waals surface area contributed by atoms with Crippen molar-refractivity contribution in [1.82, 2.24) is 9.97 Å². The lowest BCUT2D eigenvalue weighted by atomic mass is 10.1. The molecule has 0 bridgehead atoms. The summed E-state index contributed by atoms with van der Waals surface area (Å²) in [7, 11) is 0. The lowest BCUT2D eigenvalue weighted by Crippen LogP contribution is -2.08. The standard InChI is InChI=1S/C17H16N2O2/c1-2-3-11-21-17(20)12-7-6-10-15-16(12)19-14-9-5-4-8-13(14)18-15/h4-10H,2-3,11H2,1H3. The first kappa shape index (κ1) is 13.5. The molecule has 0 aliphatic carbocycles. The third-order valence-electron chi connectivity index (χ3n) is 3.32. The fourth-order valence-electron chi connectivity index (χ4n) is 2.19. The number of aromatic nitrogens is 2.